The molecule has 0 aliphatic carbocycles. The minimum absolute atomic E-state index is 0.0789. The first kappa shape index (κ1) is 21.6. The van der Waals surface area contributed by atoms with Gasteiger partial charge in [0.15, 0.2) is 0 Å². The molecule has 162 valence electrons. The molecular weight excluding hydrogens is 428 g/mol. The fraction of sp³-hybridized carbons (Fsp3) is 0.160. The summed E-state index contributed by atoms with van der Waals surface area (Å²) < 4.78 is 5.23. The van der Waals surface area contributed by atoms with Gasteiger partial charge in [-0.3, -0.25) is 19.5 Å². The van der Waals surface area contributed by atoms with Crippen LogP contribution in [0.1, 0.15) is 28.4 Å². The maximum atomic E-state index is 13.3. The number of aliphatic hydroxyl groups excluding tert-OH is 1. The highest BCUT2D eigenvalue weighted by Gasteiger charge is 2.48. The van der Waals surface area contributed by atoms with Gasteiger partial charge in [0.1, 0.15) is 17.6 Å². The van der Waals surface area contributed by atoms with Crippen molar-refractivity contribution in [2.24, 2.45) is 0 Å². The van der Waals surface area contributed by atoms with Crippen molar-refractivity contribution in [3.8, 4) is 5.75 Å². The van der Waals surface area contributed by atoms with Crippen LogP contribution >= 0.6 is 11.6 Å². The Morgan fingerprint density at radius 2 is 1.88 bits per heavy atom. The average molecular weight is 449 g/mol. The molecule has 32 heavy (non-hydrogen) atoms. The Kier molecular flexibility index (Phi) is 5.72. The van der Waals surface area contributed by atoms with Crippen molar-refractivity contribution >= 4 is 34.7 Å². The third-order valence-corrected chi connectivity index (χ3v) is 5.79. The number of aliphatic hydroxyl groups is 1. The summed E-state index contributed by atoms with van der Waals surface area (Å²) in [5.41, 5.74) is 2.91. The Morgan fingerprint density at radius 1 is 1.09 bits per heavy atom. The van der Waals surface area contributed by atoms with Crippen LogP contribution in [0.3, 0.4) is 0 Å². The summed E-state index contributed by atoms with van der Waals surface area (Å²) in [6.07, 6.45) is 1.58. The lowest BCUT2D eigenvalue weighted by Crippen LogP contribution is -2.30. The highest BCUT2D eigenvalue weighted by atomic mass is 35.5. The summed E-state index contributed by atoms with van der Waals surface area (Å²) >= 11 is 6.33. The number of ether oxygens (including phenoxy) is 1. The van der Waals surface area contributed by atoms with Gasteiger partial charge in [-0.1, -0.05) is 29.8 Å². The fourth-order valence-electron chi connectivity index (χ4n) is 3.84. The molecule has 0 bridgehead atoms. The first-order valence-electron chi connectivity index (χ1n) is 9.96. The molecule has 1 unspecified atom stereocenters. The molecule has 1 aliphatic heterocycles. The van der Waals surface area contributed by atoms with Crippen LogP contribution in [0.15, 0.2) is 66.4 Å². The number of hydrogen-bond acceptors (Lipinski definition) is 5. The van der Waals surface area contributed by atoms with E-state index in [9.17, 15) is 14.7 Å². The maximum Gasteiger partial charge on any atom is 0.300 e. The average Bonchev–Trinajstić information content (AvgIpc) is 3.06. The summed E-state index contributed by atoms with van der Waals surface area (Å²) in [4.78, 5) is 32.3. The number of aromatic nitrogens is 1. The second-order valence-electron chi connectivity index (χ2n) is 7.56. The lowest BCUT2D eigenvalue weighted by molar-refractivity contribution is -0.132. The molecule has 1 fully saturated rings. The number of ketones is 1. The van der Waals surface area contributed by atoms with Crippen molar-refractivity contribution in [2.45, 2.75) is 19.9 Å². The number of nitrogens with zero attached hydrogens (tertiary/aromatic N) is 2. The lowest BCUT2D eigenvalue weighted by Gasteiger charge is -2.26. The van der Waals surface area contributed by atoms with Crippen molar-refractivity contribution in [1.29, 1.82) is 0 Å². The van der Waals surface area contributed by atoms with E-state index < -0.39 is 17.7 Å². The van der Waals surface area contributed by atoms with Gasteiger partial charge in [0.05, 0.1) is 23.4 Å². The van der Waals surface area contributed by atoms with E-state index in [0.717, 1.165) is 11.1 Å². The summed E-state index contributed by atoms with van der Waals surface area (Å²) in [6, 6.07) is 14.7. The van der Waals surface area contributed by atoms with Gasteiger partial charge in [0.25, 0.3) is 11.7 Å². The largest absolute Gasteiger partial charge is 0.507 e. The molecular formula is C25H21ClN2O4. The minimum Gasteiger partial charge on any atom is -0.507 e. The van der Waals surface area contributed by atoms with E-state index in [4.69, 9.17) is 16.3 Å². The molecule has 0 radical (unpaired) electrons. The molecule has 1 N–H and O–H groups in total. The Balaban J connectivity index is 2.00. The fourth-order valence-corrected chi connectivity index (χ4v) is 4.04. The van der Waals surface area contributed by atoms with Crippen molar-refractivity contribution in [2.75, 3.05) is 12.0 Å². The van der Waals surface area contributed by atoms with Crippen LogP contribution in [0.4, 0.5) is 5.69 Å². The van der Waals surface area contributed by atoms with Gasteiger partial charge in [-0.05, 0) is 61.4 Å². The number of aryl methyl sites for hydroxylation is 2. The zero-order chi connectivity index (χ0) is 23.0. The van der Waals surface area contributed by atoms with Crippen LogP contribution in [0.25, 0.3) is 5.76 Å². The van der Waals surface area contributed by atoms with E-state index in [-0.39, 0.29) is 21.9 Å². The maximum absolute atomic E-state index is 13.3. The number of halogens is 1. The standard InChI is InChI=1S/C25H21ClN2O4/c1-14-7-8-15(2)20(12-14)28-22(19-6-4-5-11-27-19)21(24(30)25(28)31)23(29)17-13-16(32-3)9-10-18(17)26/h4-13,22,29H,1-3H3/b23-21+. The summed E-state index contributed by atoms with van der Waals surface area (Å²) in [5, 5.41) is 11.5. The molecule has 3 aromatic rings. The Bertz CT molecular complexity index is 1250. The Morgan fingerprint density at radius 3 is 2.56 bits per heavy atom. The number of carbonyl (C=O) groups excluding carboxylic acids is 2. The van der Waals surface area contributed by atoms with Gasteiger partial charge in [-0.15, -0.1) is 0 Å². The normalized spacial score (nSPS) is 17.6. The molecule has 1 aliphatic rings. The van der Waals surface area contributed by atoms with Crippen molar-refractivity contribution in [1.82, 2.24) is 4.98 Å². The zero-order valence-electron chi connectivity index (χ0n) is 17.8. The second kappa shape index (κ2) is 8.48. The second-order valence-corrected chi connectivity index (χ2v) is 7.97. The first-order chi connectivity index (χ1) is 15.3. The third kappa shape index (κ3) is 3.63. The molecule has 1 aromatic heterocycles. The highest BCUT2D eigenvalue weighted by molar-refractivity contribution is 6.52. The number of hydrogen-bond donors (Lipinski definition) is 1. The first-order valence-corrected chi connectivity index (χ1v) is 10.3. The molecule has 2 aromatic carbocycles. The molecule has 4 rings (SSSR count). The highest BCUT2D eigenvalue weighted by Crippen LogP contribution is 2.43. The smallest absolute Gasteiger partial charge is 0.300 e. The van der Waals surface area contributed by atoms with Gasteiger partial charge in [-0.25, -0.2) is 0 Å². The van der Waals surface area contributed by atoms with E-state index in [2.05, 4.69) is 4.98 Å². The number of rotatable bonds is 4. The van der Waals surface area contributed by atoms with Crippen LogP contribution < -0.4 is 9.64 Å². The Hall–Kier alpha value is -3.64. The van der Waals surface area contributed by atoms with Crippen LogP contribution in [-0.2, 0) is 9.59 Å². The van der Waals surface area contributed by atoms with Gasteiger partial charge in [-0.2, -0.15) is 0 Å². The van der Waals surface area contributed by atoms with Gasteiger partial charge in [0, 0.05) is 17.4 Å². The van der Waals surface area contributed by atoms with Gasteiger partial charge >= 0.3 is 0 Å². The molecule has 0 spiro atoms. The number of pyridine rings is 1. The third-order valence-electron chi connectivity index (χ3n) is 5.47. The van der Waals surface area contributed by atoms with E-state index in [0.29, 0.717) is 17.1 Å². The summed E-state index contributed by atoms with van der Waals surface area (Å²) in [7, 11) is 1.49. The predicted octanol–water partition coefficient (Wildman–Crippen LogP) is 4.99. The van der Waals surface area contributed by atoms with Gasteiger partial charge in [0.2, 0.25) is 0 Å². The number of anilines is 1. The van der Waals surface area contributed by atoms with Crippen molar-refractivity contribution in [3.63, 3.8) is 0 Å². The minimum atomic E-state index is -0.918. The van der Waals surface area contributed by atoms with E-state index in [1.807, 2.05) is 32.0 Å². The van der Waals surface area contributed by atoms with Crippen LogP contribution in [0, 0.1) is 13.8 Å². The van der Waals surface area contributed by atoms with Crippen LogP contribution in [0.2, 0.25) is 5.02 Å². The SMILES string of the molecule is COc1ccc(Cl)c(/C(O)=C2\C(=O)C(=O)N(c3cc(C)ccc3C)C2c2ccccn2)c1. The van der Waals surface area contributed by atoms with Gasteiger partial charge < -0.3 is 9.84 Å². The Labute approximate surface area is 190 Å². The molecule has 1 atom stereocenters. The van der Waals surface area contributed by atoms with E-state index in [1.165, 1.54) is 18.1 Å². The lowest BCUT2D eigenvalue weighted by atomic mass is 9.97. The number of Topliss-reactive ketones (excluding diaryl/α,β-unsaturated/α-hetero) is 1. The molecule has 7 heteroatoms. The molecule has 2 heterocycles. The molecule has 1 saturated heterocycles. The summed E-state index contributed by atoms with van der Waals surface area (Å²) in [5.74, 6) is -1.47. The molecule has 1 amide bonds. The number of amides is 1. The van der Waals surface area contributed by atoms with Crippen molar-refractivity contribution in [3.05, 3.63) is 93.8 Å². The topological polar surface area (TPSA) is 79.7 Å². The molecule has 6 nitrogen and oxygen atoms in total. The molecule has 0 saturated carbocycles. The zero-order valence-corrected chi connectivity index (χ0v) is 18.6. The van der Waals surface area contributed by atoms with Crippen molar-refractivity contribution < 1.29 is 19.4 Å². The number of methoxy groups -OCH3 is 1. The van der Waals surface area contributed by atoms with E-state index >= 15 is 0 Å². The number of carbonyl (C=O) groups is 2. The van der Waals surface area contributed by atoms with Crippen LogP contribution in [0.5, 0.6) is 5.75 Å². The predicted molar refractivity (Wildman–Crippen MR) is 123 cm³/mol. The quantitative estimate of drug-likeness (QED) is 0.345. The monoisotopic (exact) mass is 448 g/mol. The summed E-state index contributed by atoms with van der Waals surface area (Å²) in [6.45, 7) is 3.77. The van der Waals surface area contributed by atoms with E-state index in [1.54, 1.807) is 36.5 Å². The van der Waals surface area contributed by atoms with Crippen LogP contribution in [-0.4, -0.2) is 28.9 Å². The number of benzene rings is 2.